The Morgan fingerprint density at radius 1 is 1.10 bits per heavy atom. The second-order valence-corrected chi connectivity index (χ2v) is 6.49. The Balaban J connectivity index is 1.61. The highest BCUT2D eigenvalue weighted by atomic mass is 16.2. The molecule has 3 aromatic rings. The summed E-state index contributed by atoms with van der Waals surface area (Å²) in [6.07, 6.45) is 4.39. The molecule has 0 spiro atoms. The second-order valence-electron chi connectivity index (χ2n) is 6.49. The minimum absolute atomic E-state index is 0.0514. The van der Waals surface area contributed by atoms with Crippen molar-refractivity contribution in [3.8, 4) is 0 Å². The number of hydrogen-bond acceptors (Lipinski definition) is 5. The minimum Gasteiger partial charge on any atom is -0.398 e. The molecule has 7 N–H and O–H groups in total. The fraction of sp³-hybridized carbons (Fsp3) is 0.0952. The van der Waals surface area contributed by atoms with Gasteiger partial charge < -0.3 is 11.1 Å². The van der Waals surface area contributed by atoms with E-state index in [4.69, 9.17) is 11.1 Å². The van der Waals surface area contributed by atoms with Crippen LogP contribution in [0.3, 0.4) is 0 Å². The molecule has 0 radical (unpaired) electrons. The summed E-state index contributed by atoms with van der Waals surface area (Å²) in [5, 5.41) is 14.0. The Hall–Kier alpha value is -4.27. The zero-order valence-corrected chi connectivity index (χ0v) is 16.3. The Bertz CT molecular complexity index is 1060. The molecule has 1 aromatic carbocycles. The molecule has 3 rings (SSSR count). The number of nitrogens with zero attached hydrogens (tertiary/aromatic N) is 2. The number of nitrogen functional groups attached to an aromatic ring is 1. The van der Waals surface area contributed by atoms with Gasteiger partial charge in [0.05, 0.1) is 17.3 Å². The van der Waals surface area contributed by atoms with Crippen molar-refractivity contribution in [3.63, 3.8) is 0 Å². The van der Waals surface area contributed by atoms with Crippen molar-refractivity contribution in [1.29, 1.82) is 0 Å². The molecule has 0 fully saturated rings. The lowest BCUT2D eigenvalue weighted by molar-refractivity contribution is -0.116. The van der Waals surface area contributed by atoms with Crippen LogP contribution in [0.15, 0.2) is 67.1 Å². The van der Waals surface area contributed by atoms with Crippen LogP contribution in [0.2, 0.25) is 0 Å². The number of nitrogens with one attached hydrogen (secondary N) is 3. The molecule has 0 unspecified atom stereocenters. The normalized spacial score (nSPS) is 11.2. The van der Waals surface area contributed by atoms with Gasteiger partial charge in [-0.2, -0.15) is 0 Å². The first-order valence-electron chi connectivity index (χ1n) is 9.16. The van der Waals surface area contributed by atoms with Gasteiger partial charge in [-0.15, -0.1) is 0 Å². The van der Waals surface area contributed by atoms with Crippen LogP contribution in [0.5, 0.6) is 0 Å². The maximum Gasteiger partial charge on any atom is 0.339 e. The van der Waals surface area contributed by atoms with Gasteiger partial charge in [0.15, 0.2) is 0 Å². The quantitative estimate of drug-likeness (QED) is 0.316. The first-order valence-corrected chi connectivity index (χ1v) is 9.16. The Morgan fingerprint density at radius 2 is 1.80 bits per heavy atom. The SMILES string of the molecule is C[C@@H](NC(=O)Nc1cc(N)c(C(=[NH2+])NC(=O)c2ccncc2)cn1)c1ccccc1. The summed E-state index contributed by atoms with van der Waals surface area (Å²) < 4.78 is 0. The molecular weight excluding hydrogens is 382 g/mol. The fourth-order valence-electron chi connectivity index (χ4n) is 2.70. The third-order valence-corrected chi connectivity index (χ3v) is 4.31. The second kappa shape index (κ2) is 9.28. The number of carbonyl (C=O) groups is 2. The number of amides is 3. The highest BCUT2D eigenvalue weighted by molar-refractivity contribution is 6.12. The van der Waals surface area contributed by atoms with Crippen LogP contribution >= 0.6 is 0 Å². The van der Waals surface area contributed by atoms with Crippen LogP contribution < -0.4 is 27.1 Å². The van der Waals surface area contributed by atoms with Gasteiger partial charge >= 0.3 is 11.9 Å². The number of rotatable bonds is 5. The third kappa shape index (κ3) is 5.16. The lowest BCUT2D eigenvalue weighted by atomic mass is 10.1. The van der Waals surface area contributed by atoms with E-state index < -0.39 is 11.9 Å². The molecule has 0 saturated heterocycles. The van der Waals surface area contributed by atoms with Gasteiger partial charge in [0.2, 0.25) is 0 Å². The molecule has 0 saturated carbocycles. The number of benzene rings is 1. The topological polar surface area (TPSA) is 148 Å². The molecule has 0 aliphatic carbocycles. The standard InChI is InChI=1S/C21H21N7O2/c1-13(14-5-3-2-4-6-14)26-21(30)27-18-11-17(22)16(12-25-18)19(23)28-20(29)15-7-9-24-10-8-15/h2-13H,1H3,(H2,23,28,29)(H4,22,25,26,27,30)/p+1/t13-/m1/s1. The van der Waals surface area contributed by atoms with E-state index in [9.17, 15) is 9.59 Å². The van der Waals surface area contributed by atoms with E-state index in [1.54, 1.807) is 12.1 Å². The van der Waals surface area contributed by atoms with Crippen LogP contribution in [-0.4, -0.2) is 27.7 Å². The zero-order valence-electron chi connectivity index (χ0n) is 16.3. The highest BCUT2D eigenvalue weighted by Crippen LogP contribution is 2.15. The molecule has 3 amide bonds. The van der Waals surface area contributed by atoms with E-state index in [2.05, 4.69) is 25.9 Å². The van der Waals surface area contributed by atoms with Crippen LogP contribution in [0.4, 0.5) is 16.3 Å². The third-order valence-electron chi connectivity index (χ3n) is 4.31. The Morgan fingerprint density at radius 3 is 2.47 bits per heavy atom. The molecule has 0 bridgehead atoms. The van der Waals surface area contributed by atoms with Crippen LogP contribution in [-0.2, 0) is 0 Å². The van der Waals surface area contributed by atoms with Gasteiger partial charge in [-0.05, 0) is 24.6 Å². The Kier molecular flexibility index (Phi) is 6.33. The van der Waals surface area contributed by atoms with E-state index in [1.165, 1.54) is 24.7 Å². The highest BCUT2D eigenvalue weighted by Gasteiger charge is 2.19. The molecule has 9 heteroatoms. The van der Waals surface area contributed by atoms with Crippen molar-refractivity contribution in [2.75, 3.05) is 11.1 Å². The lowest BCUT2D eigenvalue weighted by Gasteiger charge is -2.15. The van der Waals surface area contributed by atoms with Crippen molar-refractivity contribution in [2.24, 2.45) is 0 Å². The maximum atomic E-state index is 12.2. The van der Waals surface area contributed by atoms with Crippen molar-refractivity contribution in [2.45, 2.75) is 13.0 Å². The number of hydrogen-bond donors (Lipinski definition) is 5. The van der Waals surface area contributed by atoms with E-state index in [0.717, 1.165) is 5.56 Å². The number of amidine groups is 1. The first-order chi connectivity index (χ1) is 14.4. The predicted octanol–water partition coefficient (Wildman–Crippen LogP) is 0.877. The average Bonchev–Trinajstić information content (AvgIpc) is 2.74. The number of aromatic nitrogens is 2. The molecule has 9 nitrogen and oxygen atoms in total. The van der Waals surface area contributed by atoms with Crippen molar-refractivity contribution in [3.05, 3.63) is 83.8 Å². The van der Waals surface area contributed by atoms with E-state index in [-0.39, 0.29) is 23.4 Å². The number of anilines is 2. The van der Waals surface area contributed by atoms with Crippen LogP contribution in [0, 0.1) is 0 Å². The van der Waals surface area contributed by atoms with Crippen LogP contribution in [0.1, 0.15) is 34.5 Å². The lowest BCUT2D eigenvalue weighted by Crippen LogP contribution is -2.51. The van der Waals surface area contributed by atoms with Crippen LogP contribution in [0.25, 0.3) is 0 Å². The van der Waals surface area contributed by atoms with Crippen molar-refractivity contribution < 1.29 is 15.0 Å². The number of nitrogens with two attached hydrogens (primary N) is 2. The molecule has 2 heterocycles. The summed E-state index contributed by atoms with van der Waals surface area (Å²) in [5.41, 5.74) is 8.01. The van der Waals surface area contributed by atoms with Crippen molar-refractivity contribution in [1.82, 2.24) is 20.6 Å². The summed E-state index contributed by atoms with van der Waals surface area (Å²) in [5.74, 6) is -0.0939. The summed E-state index contributed by atoms with van der Waals surface area (Å²) >= 11 is 0. The summed E-state index contributed by atoms with van der Waals surface area (Å²) in [6, 6.07) is 13.5. The maximum absolute atomic E-state index is 12.2. The molecule has 0 aliphatic rings. The van der Waals surface area contributed by atoms with Gasteiger partial charge in [-0.1, -0.05) is 30.3 Å². The molecule has 152 valence electrons. The summed E-state index contributed by atoms with van der Waals surface area (Å²) in [7, 11) is 0. The van der Waals surface area contributed by atoms with Gasteiger partial charge in [0.1, 0.15) is 11.4 Å². The smallest absolute Gasteiger partial charge is 0.339 e. The van der Waals surface area contributed by atoms with E-state index >= 15 is 0 Å². The summed E-state index contributed by atoms with van der Waals surface area (Å²) in [4.78, 5) is 32.4. The molecule has 0 aliphatic heterocycles. The molecule has 1 atom stereocenters. The number of carbonyl (C=O) groups excluding carboxylic acids is 2. The molecule has 2 aromatic heterocycles. The Labute approximate surface area is 173 Å². The monoisotopic (exact) mass is 404 g/mol. The fourth-order valence-corrected chi connectivity index (χ4v) is 2.70. The predicted molar refractivity (Wildman–Crippen MR) is 113 cm³/mol. The number of pyridine rings is 2. The largest absolute Gasteiger partial charge is 0.398 e. The zero-order chi connectivity index (χ0) is 21.5. The molecule has 30 heavy (non-hydrogen) atoms. The number of urea groups is 1. The van der Waals surface area contributed by atoms with Crippen molar-refractivity contribution >= 4 is 29.3 Å². The first kappa shape index (κ1) is 20.5. The minimum atomic E-state index is -0.422. The molecular formula is C21H22N7O2+. The van der Waals surface area contributed by atoms with E-state index in [0.29, 0.717) is 11.1 Å². The average molecular weight is 404 g/mol. The van der Waals surface area contributed by atoms with E-state index in [1.807, 2.05) is 37.3 Å². The van der Waals surface area contributed by atoms with Gasteiger partial charge in [0.25, 0.3) is 5.84 Å². The van der Waals surface area contributed by atoms with Gasteiger partial charge in [0, 0.05) is 24.7 Å². The van der Waals surface area contributed by atoms with Gasteiger partial charge in [-0.3, -0.25) is 15.7 Å². The summed E-state index contributed by atoms with van der Waals surface area (Å²) in [6.45, 7) is 1.88. The van der Waals surface area contributed by atoms with Gasteiger partial charge in [-0.25, -0.2) is 19.9 Å².